The van der Waals surface area contributed by atoms with Crippen LogP contribution in [0.1, 0.15) is 25.8 Å². The molecule has 0 fully saturated rings. The highest BCUT2D eigenvalue weighted by atomic mass is 16.3. The van der Waals surface area contributed by atoms with Crippen LogP contribution in [-0.4, -0.2) is 29.1 Å². The third-order valence-corrected chi connectivity index (χ3v) is 2.87. The molecule has 5 nitrogen and oxygen atoms in total. The molecule has 0 radical (unpaired) electrons. The molecule has 0 aliphatic carbocycles. The normalized spacial score (nSPS) is 13.5. The molecule has 0 spiro atoms. The van der Waals surface area contributed by atoms with Crippen LogP contribution in [0.5, 0.6) is 0 Å². The van der Waals surface area contributed by atoms with Gasteiger partial charge >= 0.3 is 11.8 Å². The fourth-order valence-corrected chi connectivity index (χ4v) is 1.39. The lowest BCUT2D eigenvalue weighted by Crippen LogP contribution is -2.44. The van der Waals surface area contributed by atoms with E-state index in [1.165, 1.54) is 0 Å². The summed E-state index contributed by atoms with van der Waals surface area (Å²) < 4.78 is 0. The number of amides is 2. The van der Waals surface area contributed by atoms with Crippen molar-refractivity contribution < 1.29 is 14.7 Å². The summed E-state index contributed by atoms with van der Waals surface area (Å²) in [5.41, 5.74) is 0.564. The van der Waals surface area contributed by atoms with Gasteiger partial charge in [0.2, 0.25) is 0 Å². The van der Waals surface area contributed by atoms with Gasteiger partial charge in [0.15, 0.2) is 0 Å². The van der Waals surface area contributed by atoms with E-state index in [1.807, 2.05) is 13.0 Å². The second-order valence-corrected chi connectivity index (χ2v) is 4.86. The van der Waals surface area contributed by atoms with Gasteiger partial charge in [0.05, 0.1) is 5.60 Å². The zero-order chi connectivity index (χ0) is 14.5. The van der Waals surface area contributed by atoms with E-state index in [1.54, 1.807) is 32.0 Å². The van der Waals surface area contributed by atoms with Gasteiger partial charge in [-0.3, -0.25) is 9.59 Å². The maximum atomic E-state index is 11.6. The lowest BCUT2D eigenvalue weighted by Gasteiger charge is -2.21. The summed E-state index contributed by atoms with van der Waals surface area (Å²) in [6, 6.07) is 7.17. The van der Waals surface area contributed by atoms with E-state index in [0.717, 1.165) is 5.56 Å². The van der Waals surface area contributed by atoms with E-state index in [-0.39, 0.29) is 6.54 Å². The first-order valence-electron chi connectivity index (χ1n) is 6.22. The number of carbonyl (C=O) groups excluding carboxylic acids is 2. The van der Waals surface area contributed by atoms with Gasteiger partial charge in [-0.15, -0.1) is 0 Å². The van der Waals surface area contributed by atoms with Crippen LogP contribution in [0.3, 0.4) is 0 Å². The molecule has 0 saturated heterocycles. The molecule has 19 heavy (non-hydrogen) atoms. The largest absolute Gasteiger partial charge is 0.388 e. The third kappa shape index (κ3) is 5.09. The number of hydrogen-bond acceptors (Lipinski definition) is 3. The van der Waals surface area contributed by atoms with Crippen LogP contribution in [0.2, 0.25) is 0 Å². The molecular weight excluding hydrogens is 244 g/mol. The molecule has 0 heterocycles. The Hall–Kier alpha value is -1.88. The van der Waals surface area contributed by atoms with Gasteiger partial charge in [-0.2, -0.15) is 0 Å². The summed E-state index contributed by atoms with van der Waals surface area (Å²) in [7, 11) is 0. The predicted molar refractivity (Wildman–Crippen MR) is 73.7 cm³/mol. The summed E-state index contributed by atoms with van der Waals surface area (Å²) in [6.07, 6.45) is 0.493. The minimum Gasteiger partial charge on any atom is -0.388 e. The van der Waals surface area contributed by atoms with Crippen LogP contribution in [0.4, 0.5) is 5.69 Å². The number of aryl methyl sites for hydroxylation is 1. The van der Waals surface area contributed by atoms with E-state index >= 15 is 0 Å². The average Bonchev–Trinajstić information content (AvgIpc) is 2.36. The first-order chi connectivity index (χ1) is 8.84. The number of rotatable bonds is 4. The number of benzene rings is 1. The topological polar surface area (TPSA) is 78.4 Å². The molecule has 5 heteroatoms. The minimum absolute atomic E-state index is 0.0452. The highest BCUT2D eigenvalue weighted by Gasteiger charge is 2.21. The van der Waals surface area contributed by atoms with Crippen molar-refractivity contribution in [1.82, 2.24) is 5.32 Å². The van der Waals surface area contributed by atoms with Crippen LogP contribution >= 0.6 is 0 Å². The SMILES string of the molecule is CC[C@](C)(O)CNC(=O)C(=O)Nc1cccc(C)c1. The molecule has 1 rings (SSSR count). The van der Waals surface area contributed by atoms with Crippen LogP contribution in [0, 0.1) is 6.92 Å². The smallest absolute Gasteiger partial charge is 0.313 e. The highest BCUT2D eigenvalue weighted by Crippen LogP contribution is 2.09. The van der Waals surface area contributed by atoms with Gasteiger partial charge in [0.1, 0.15) is 0 Å². The average molecular weight is 264 g/mol. The predicted octanol–water partition coefficient (Wildman–Crippen LogP) is 1.21. The Morgan fingerprint density at radius 3 is 2.58 bits per heavy atom. The summed E-state index contributed by atoms with van der Waals surface area (Å²) in [6.45, 7) is 5.35. The zero-order valence-electron chi connectivity index (χ0n) is 11.5. The van der Waals surface area contributed by atoms with Crippen molar-refractivity contribution in [3.05, 3.63) is 29.8 Å². The van der Waals surface area contributed by atoms with Gasteiger partial charge in [-0.05, 0) is 38.0 Å². The summed E-state index contributed by atoms with van der Waals surface area (Å²) in [4.78, 5) is 23.2. The molecule has 1 atom stereocenters. The molecule has 0 aromatic heterocycles. The summed E-state index contributed by atoms with van der Waals surface area (Å²) >= 11 is 0. The molecule has 104 valence electrons. The molecule has 0 bridgehead atoms. The third-order valence-electron chi connectivity index (χ3n) is 2.87. The standard InChI is InChI=1S/C14H20N2O3/c1-4-14(3,19)9-15-12(17)13(18)16-11-7-5-6-10(2)8-11/h5-8,19H,4,9H2,1-3H3,(H,15,17)(H,16,18)/t14-/m0/s1. The first kappa shape index (κ1) is 15.2. The molecular formula is C14H20N2O3. The number of carbonyl (C=O) groups is 2. The van der Waals surface area contributed by atoms with E-state index in [9.17, 15) is 14.7 Å². The molecule has 0 aliphatic heterocycles. The fraction of sp³-hybridized carbons (Fsp3) is 0.429. The van der Waals surface area contributed by atoms with Gasteiger partial charge < -0.3 is 15.7 Å². The van der Waals surface area contributed by atoms with E-state index < -0.39 is 17.4 Å². The molecule has 2 amide bonds. The van der Waals surface area contributed by atoms with Crippen LogP contribution in [0.25, 0.3) is 0 Å². The van der Waals surface area contributed by atoms with Crippen molar-refractivity contribution in [2.24, 2.45) is 0 Å². The number of nitrogens with one attached hydrogen (secondary N) is 2. The maximum absolute atomic E-state index is 11.6. The van der Waals surface area contributed by atoms with E-state index in [2.05, 4.69) is 10.6 Å². The molecule has 0 unspecified atom stereocenters. The van der Waals surface area contributed by atoms with Crippen molar-refractivity contribution in [2.75, 3.05) is 11.9 Å². The van der Waals surface area contributed by atoms with E-state index in [0.29, 0.717) is 12.1 Å². The number of hydrogen-bond donors (Lipinski definition) is 3. The van der Waals surface area contributed by atoms with Crippen molar-refractivity contribution in [3.8, 4) is 0 Å². The van der Waals surface area contributed by atoms with Gasteiger partial charge in [0, 0.05) is 12.2 Å². The summed E-state index contributed by atoms with van der Waals surface area (Å²) in [5.74, 6) is -1.49. The van der Waals surface area contributed by atoms with Gasteiger partial charge in [-0.25, -0.2) is 0 Å². The fourth-order valence-electron chi connectivity index (χ4n) is 1.39. The van der Waals surface area contributed by atoms with Crippen molar-refractivity contribution in [1.29, 1.82) is 0 Å². The van der Waals surface area contributed by atoms with Crippen LogP contribution in [0.15, 0.2) is 24.3 Å². The number of anilines is 1. The Balaban J connectivity index is 2.52. The monoisotopic (exact) mass is 264 g/mol. The Morgan fingerprint density at radius 1 is 1.32 bits per heavy atom. The Morgan fingerprint density at radius 2 is 2.00 bits per heavy atom. The quantitative estimate of drug-likeness (QED) is 0.715. The second kappa shape index (κ2) is 6.33. The molecule has 3 N–H and O–H groups in total. The van der Waals surface area contributed by atoms with Gasteiger partial charge in [-0.1, -0.05) is 19.1 Å². The highest BCUT2D eigenvalue weighted by molar-refractivity contribution is 6.39. The van der Waals surface area contributed by atoms with Crippen LogP contribution < -0.4 is 10.6 Å². The molecule has 0 saturated carbocycles. The Labute approximate surface area is 113 Å². The molecule has 1 aromatic carbocycles. The van der Waals surface area contributed by atoms with Crippen molar-refractivity contribution in [3.63, 3.8) is 0 Å². The molecule has 1 aromatic rings. The molecule has 0 aliphatic rings. The van der Waals surface area contributed by atoms with Crippen LogP contribution in [-0.2, 0) is 9.59 Å². The summed E-state index contributed by atoms with van der Waals surface area (Å²) in [5, 5.41) is 14.6. The van der Waals surface area contributed by atoms with Crippen molar-refractivity contribution in [2.45, 2.75) is 32.8 Å². The first-order valence-corrected chi connectivity index (χ1v) is 6.22. The number of aliphatic hydroxyl groups is 1. The Kier molecular flexibility index (Phi) is 5.06. The minimum atomic E-state index is -1.00. The lowest BCUT2D eigenvalue weighted by atomic mass is 10.0. The zero-order valence-corrected chi connectivity index (χ0v) is 11.5. The van der Waals surface area contributed by atoms with Gasteiger partial charge in [0.25, 0.3) is 0 Å². The Bertz CT molecular complexity index is 470. The van der Waals surface area contributed by atoms with E-state index in [4.69, 9.17) is 0 Å². The lowest BCUT2D eigenvalue weighted by molar-refractivity contribution is -0.136. The van der Waals surface area contributed by atoms with Crippen molar-refractivity contribution >= 4 is 17.5 Å². The second-order valence-electron chi connectivity index (χ2n) is 4.86. The maximum Gasteiger partial charge on any atom is 0.313 e.